The first-order valence-electron chi connectivity index (χ1n) is 23.2. The molecule has 2 aliphatic heterocycles. The van der Waals surface area contributed by atoms with Crippen LogP contribution in [-0.2, 0) is 40.1 Å². The van der Waals surface area contributed by atoms with Gasteiger partial charge in [0, 0.05) is 56.7 Å². The Morgan fingerprint density at radius 2 is 1.27 bits per heavy atom. The van der Waals surface area contributed by atoms with E-state index in [2.05, 4.69) is 22.5 Å². The molecule has 380 valence electrons. The molecule has 0 atom stereocenters. The average Bonchev–Trinajstić information content (AvgIpc) is 3.36. The maximum atomic E-state index is 12.1. The van der Waals surface area contributed by atoms with E-state index in [0.717, 1.165) is 113 Å². The summed E-state index contributed by atoms with van der Waals surface area (Å²) in [6, 6.07) is 20.6. The molecule has 2 saturated heterocycles. The predicted octanol–water partition coefficient (Wildman–Crippen LogP) is 4.28. The molecule has 0 amide bonds. The van der Waals surface area contributed by atoms with Crippen molar-refractivity contribution in [1.29, 1.82) is 0 Å². The van der Waals surface area contributed by atoms with Gasteiger partial charge < -0.3 is 71.1 Å². The number of anilines is 2. The summed E-state index contributed by atoms with van der Waals surface area (Å²) in [6.07, 6.45) is 5.36. The number of hydrogen-bond donors (Lipinski definition) is 11. The number of carbonyl (C=O) groups is 1. The van der Waals surface area contributed by atoms with Gasteiger partial charge in [0.2, 0.25) is 0 Å². The highest BCUT2D eigenvalue weighted by Crippen LogP contribution is 2.29. The van der Waals surface area contributed by atoms with E-state index in [0.29, 0.717) is 37.8 Å². The van der Waals surface area contributed by atoms with Gasteiger partial charge in [0.1, 0.15) is 0 Å². The average molecular weight is 940 g/mol. The van der Waals surface area contributed by atoms with Gasteiger partial charge in [-0.3, -0.25) is 9.69 Å². The number of nitrogens with zero attached hydrogens (tertiary/aromatic N) is 1. The Bertz CT molecular complexity index is 1460. The zero-order valence-electron chi connectivity index (χ0n) is 40.2. The Morgan fingerprint density at radius 3 is 1.64 bits per heavy atom. The molecule has 1 saturated carbocycles. The molecular weight excluding hydrogens is 852 g/mol. The molecule has 18 heteroatoms. The molecule has 2 heterocycles. The van der Waals surface area contributed by atoms with E-state index in [1.807, 2.05) is 38.2 Å². The third-order valence-electron chi connectivity index (χ3n) is 9.79. The van der Waals surface area contributed by atoms with Crippen LogP contribution in [0.15, 0.2) is 72.8 Å². The minimum Gasteiger partial charge on any atom is -0.466 e. The van der Waals surface area contributed by atoms with E-state index >= 15 is 0 Å². The first-order chi connectivity index (χ1) is 31.7. The molecule has 66 heavy (non-hydrogen) atoms. The largest absolute Gasteiger partial charge is 0.466 e. The number of esters is 1. The number of benzene rings is 3. The fourth-order valence-corrected chi connectivity index (χ4v) is 5.77. The van der Waals surface area contributed by atoms with Gasteiger partial charge in [0.05, 0.1) is 37.9 Å². The van der Waals surface area contributed by atoms with E-state index in [-0.39, 0.29) is 25.0 Å². The number of ether oxygens (including phenoxy) is 2. The summed E-state index contributed by atoms with van der Waals surface area (Å²) in [7, 11) is 1.93. The first kappa shape index (κ1) is 64.2. The van der Waals surface area contributed by atoms with Crippen molar-refractivity contribution in [2.75, 3.05) is 97.3 Å². The van der Waals surface area contributed by atoms with Crippen LogP contribution >= 0.6 is 0 Å². The Hall–Kier alpha value is -3.92. The third-order valence-corrected chi connectivity index (χ3v) is 9.79. The van der Waals surface area contributed by atoms with E-state index in [1.54, 1.807) is 30.3 Å². The highest BCUT2D eigenvalue weighted by atomic mass is 19.4. The van der Waals surface area contributed by atoms with Gasteiger partial charge in [-0.05, 0) is 126 Å². The SMILES string of the molecule is CCNC.CCOC(=O)C1CCNCC1.NC1CCCCC1.NCCCN1CCOCC1.NCCO.NCc1ccc(CN)cc1.NCc1cccc(C(F)(F)F)c1.Nc1ccc(N)cc1. The number of carbonyl (C=O) groups excluding carboxylic acids is 1. The number of hydrogen-bond acceptors (Lipinski definition) is 15. The highest BCUT2D eigenvalue weighted by Gasteiger charge is 2.30. The van der Waals surface area contributed by atoms with Crippen LogP contribution in [0.2, 0.25) is 0 Å². The number of nitrogens with two attached hydrogens (primary N) is 8. The van der Waals surface area contributed by atoms with E-state index in [1.165, 1.54) is 38.2 Å². The molecule has 19 N–H and O–H groups in total. The van der Waals surface area contributed by atoms with Gasteiger partial charge in [-0.25, -0.2) is 0 Å². The summed E-state index contributed by atoms with van der Waals surface area (Å²) in [5, 5.41) is 13.9. The number of nitrogen functional groups attached to an aromatic ring is 2. The molecule has 15 nitrogen and oxygen atoms in total. The highest BCUT2D eigenvalue weighted by molar-refractivity contribution is 5.72. The molecule has 3 aromatic rings. The van der Waals surface area contributed by atoms with Crippen molar-refractivity contribution < 1.29 is 32.5 Å². The van der Waals surface area contributed by atoms with Crippen LogP contribution in [0.4, 0.5) is 24.5 Å². The van der Waals surface area contributed by atoms with Crippen LogP contribution in [0.3, 0.4) is 0 Å². The smallest absolute Gasteiger partial charge is 0.416 e. The summed E-state index contributed by atoms with van der Waals surface area (Å²) in [5.41, 5.74) is 46.2. The molecule has 0 spiro atoms. The van der Waals surface area contributed by atoms with E-state index in [4.69, 9.17) is 60.4 Å². The van der Waals surface area contributed by atoms with Gasteiger partial charge in [-0.2, -0.15) is 13.2 Å². The summed E-state index contributed by atoms with van der Waals surface area (Å²) >= 11 is 0. The van der Waals surface area contributed by atoms with Crippen LogP contribution in [0.1, 0.15) is 87.5 Å². The number of rotatable bonds is 10. The molecule has 0 aromatic heterocycles. The van der Waals surface area contributed by atoms with Gasteiger partial charge >= 0.3 is 12.1 Å². The maximum absolute atomic E-state index is 12.1. The van der Waals surface area contributed by atoms with Crippen molar-refractivity contribution in [1.82, 2.24) is 15.5 Å². The second-order valence-electron chi connectivity index (χ2n) is 15.3. The predicted molar refractivity (Wildman–Crippen MR) is 267 cm³/mol. The van der Waals surface area contributed by atoms with Gasteiger partial charge in [0.15, 0.2) is 0 Å². The zero-order chi connectivity index (χ0) is 49.9. The number of aliphatic hydroxyl groups excluding tert-OH is 1. The molecular formula is C48H88F3N11O4. The lowest BCUT2D eigenvalue weighted by atomic mass is 9.97. The van der Waals surface area contributed by atoms with Crippen molar-refractivity contribution in [2.24, 2.45) is 40.3 Å². The fraction of sp³-hybridized carbons (Fsp3) is 0.604. The Kier molecular flexibility index (Phi) is 42.4. The summed E-state index contributed by atoms with van der Waals surface area (Å²) in [4.78, 5) is 13.5. The van der Waals surface area contributed by atoms with Gasteiger partial charge in [-0.15, -0.1) is 0 Å². The van der Waals surface area contributed by atoms with E-state index in [9.17, 15) is 18.0 Å². The van der Waals surface area contributed by atoms with Gasteiger partial charge in [-0.1, -0.05) is 68.7 Å². The van der Waals surface area contributed by atoms with Crippen LogP contribution in [0.25, 0.3) is 0 Å². The molecule has 0 unspecified atom stereocenters. The number of aliphatic hydroxyl groups is 1. The van der Waals surface area contributed by atoms with Crippen LogP contribution in [0, 0.1) is 5.92 Å². The van der Waals surface area contributed by atoms with Crippen molar-refractivity contribution in [2.45, 2.75) is 97.1 Å². The van der Waals surface area contributed by atoms with Crippen molar-refractivity contribution >= 4 is 17.3 Å². The van der Waals surface area contributed by atoms with Crippen molar-refractivity contribution in [3.8, 4) is 0 Å². The van der Waals surface area contributed by atoms with E-state index < -0.39 is 11.7 Å². The number of alkyl halides is 3. The summed E-state index contributed by atoms with van der Waals surface area (Å²) < 4.78 is 46.3. The normalized spacial score (nSPS) is 14.8. The summed E-state index contributed by atoms with van der Waals surface area (Å²) in [6.45, 7) is 15.1. The van der Waals surface area contributed by atoms with Gasteiger partial charge in [0.25, 0.3) is 0 Å². The molecule has 3 aromatic carbocycles. The number of morpholine rings is 1. The number of piperidine rings is 1. The second-order valence-corrected chi connectivity index (χ2v) is 15.3. The Balaban J connectivity index is 0. The standard InChI is InChI=1S/C8H8F3N.C8H12N2.C8H15NO2.C7H16N2O.C6H8N2.C6H13N.C3H9N.C2H7NO/c9-8(10,11)7-3-1-2-6(4-7)5-12;9-5-7-1-2-8(6-10)4-3-7;1-2-11-8(10)7-3-5-9-6-4-7;8-2-1-3-9-4-6-10-7-5-9;7-5-1-2-6(8)4-3-5;7-6-4-2-1-3-5-6;1-3-4-2;3-1-2-4/h1-4H,5,12H2;1-4H,5-6,9-10H2;7,9H,2-6H2,1H3;1-8H2;1-4H,7-8H2;6H,1-5,7H2;4H,3H2,1-2H3;4H,1-3H2. The zero-order valence-corrected chi connectivity index (χ0v) is 40.2. The lowest BCUT2D eigenvalue weighted by molar-refractivity contribution is -0.148. The lowest BCUT2D eigenvalue weighted by Crippen LogP contribution is -2.37. The van der Waals surface area contributed by atoms with Crippen molar-refractivity contribution in [3.63, 3.8) is 0 Å². The number of nitrogens with one attached hydrogen (secondary N) is 2. The minimum absolute atomic E-state index is 0.0194. The quantitative estimate of drug-likeness (QED) is 0.1000. The monoisotopic (exact) mass is 940 g/mol. The minimum atomic E-state index is -4.27. The Morgan fingerprint density at radius 1 is 0.788 bits per heavy atom. The van der Waals surface area contributed by atoms with Crippen molar-refractivity contribution in [3.05, 3.63) is 95.1 Å². The molecule has 1 aliphatic carbocycles. The number of halogens is 3. The second kappa shape index (κ2) is 43.6. The fourth-order valence-electron chi connectivity index (χ4n) is 5.77. The Labute approximate surface area is 394 Å². The van der Waals surface area contributed by atoms with Crippen LogP contribution < -0.4 is 56.5 Å². The molecule has 3 fully saturated rings. The molecule has 0 radical (unpaired) electrons. The topological polar surface area (TPSA) is 291 Å². The summed E-state index contributed by atoms with van der Waals surface area (Å²) in [5.74, 6) is 0.130. The van der Waals surface area contributed by atoms with Crippen LogP contribution in [-0.4, -0.2) is 108 Å². The molecule has 6 rings (SSSR count). The first-order valence-corrected chi connectivity index (χ1v) is 23.2. The molecule has 0 bridgehead atoms. The lowest BCUT2D eigenvalue weighted by Gasteiger charge is -2.26. The maximum Gasteiger partial charge on any atom is 0.416 e. The molecule has 3 aliphatic rings. The third kappa shape index (κ3) is 37.2. The van der Waals surface area contributed by atoms with Crippen LogP contribution in [0.5, 0.6) is 0 Å².